The van der Waals surface area contributed by atoms with Gasteiger partial charge in [-0.2, -0.15) is 0 Å². The number of methoxy groups -OCH3 is 1. The third-order valence-electron chi connectivity index (χ3n) is 4.30. The molecule has 1 aliphatic rings. The predicted octanol–water partition coefficient (Wildman–Crippen LogP) is 2.45. The highest BCUT2D eigenvalue weighted by molar-refractivity contribution is 5.31. The van der Waals surface area contributed by atoms with Crippen LogP contribution >= 0.6 is 0 Å². The smallest absolute Gasteiger partial charge is 0.119 e. The van der Waals surface area contributed by atoms with E-state index in [0.29, 0.717) is 12.6 Å². The normalized spacial score (nSPS) is 21.8. The van der Waals surface area contributed by atoms with Crippen LogP contribution in [-0.4, -0.2) is 37.6 Å². The van der Waals surface area contributed by atoms with Crippen LogP contribution in [0.15, 0.2) is 24.3 Å². The third kappa shape index (κ3) is 4.70. The standard InChI is InChI=1S/C17H27NO3/c1-20-15-7-4-5-13(11-15)16(12-18)17(19)9-8-14-6-2-3-10-21-14/h4-5,7,11,14,16-17,19H,2-3,6,8-10,12,18H2,1H3. The molecule has 0 spiro atoms. The molecule has 3 N–H and O–H groups in total. The number of ether oxygens (including phenoxy) is 2. The van der Waals surface area contributed by atoms with Gasteiger partial charge in [-0.15, -0.1) is 0 Å². The van der Waals surface area contributed by atoms with Gasteiger partial charge in [-0.05, 0) is 49.8 Å². The van der Waals surface area contributed by atoms with Crippen molar-refractivity contribution in [3.05, 3.63) is 29.8 Å². The van der Waals surface area contributed by atoms with Crippen LogP contribution in [0.4, 0.5) is 0 Å². The molecule has 0 bridgehead atoms. The number of aliphatic hydroxyl groups excluding tert-OH is 1. The monoisotopic (exact) mass is 293 g/mol. The minimum Gasteiger partial charge on any atom is -0.497 e. The van der Waals surface area contributed by atoms with Gasteiger partial charge in [0.1, 0.15) is 5.75 Å². The van der Waals surface area contributed by atoms with Crippen molar-refractivity contribution in [2.24, 2.45) is 5.73 Å². The second kappa shape index (κ2) is 8.37. The Morgan fingerprint density at radius 2 is 2.29 bits per heavy atom. The molecule has 1 fully saturated rings. The molecule has 0 aliphatic carbocycles. The lowest BCUT2D eigenvalue weighted by Crippen LogP contribution is -2.28. The molecule has 21 heavy (non-hydrogen) atoms. The van der Waals surface area contributed by atoms with Crippen LogP contribution in [0, 0.1) is 0 Å². The van der Waals surface area contributed by atoms with Crippen LogP contribution < -0.4 is 10.5 Å². The molecule has 0 amide bonds. The summed E-state index contributed by atoms with van der Waals surface area (Å²) >= 11 is 0. The van der Waals surface area contributed by atoms with Crippen molar-refractivity contribution in [3.8, 4) is 5.75 Å². The third-order valence-corrected chi connectivity index (χ3v) is 4.30. The maximum absolute atomic E-state index is 10.5. The summed E-state index contributed by atoms with van der Waals surface area (Å²) in [4.78, 5) is 0. The topological polar surface area (TPSA) is 64.7 Å². The van der Waals surface area contributed by atoms with Gasteiger partial charge in [0, 0.05) is 19.1 Å². The fraction of sp³-hybridized carbons (Fsp3) is 0.647. The first-order valence-electron chi connectivity index (χ1n) is 7.88. The van der Waals surface area contributed by atoms with Gasteiger partial charge in [0.2, 0.25) is 0 Å². The lowest BCUT2D eigenvalue weighted by molar-refractivity contribution is 0.000427. The summed E-state index contributed by atoms with van der Waals surface area (Å²) in [7, 11) is 1.65. The van der Waals surface area contributed by atoms with Gasteiger partial charge in [-0.25, -0.2) is 0 Å². The SMILES string of the molecule is COc1cccc(C(CN)C(O)CCC2CCCCO2)c1. The first kappa shape index (κ1) is 16.3. The zero-order valence-electron chi connectivity index (χ0n) is 12.8. The Balaban J connectivity index is 1.92. The Bertz CT molecular complexity index is 418. The lowest BCUT2D eigenvalue weighted by Gasteiger charge is -2.26. The summed E-state index contributed by atoms with van der Waals surface area (Å²) in [5, 5.41) is 10.5. The maximum atomic E-state index is 10.5. The summed E-state index contributed by atoms with van der Waals surface area (Å²) < 4.78 is 11.0. The van der Waals surface area contributed by atoms with Gasteiger partial charge in [0.05, 0.1) is 19.3 Å². The van der Waals surface area contributed by atoms with E-state index in [1.54, 1.807) is 7.11 Å². The van der Waals surface area contributed by atoms with Crippen molar-refractivity contribution in [1.29, 1.82) is 0 Å². The van der Waals surface area contributed by atoms with Crippen molar-refractivity contribution >= 4 is 0 Å². The highest BCUT2D eigenvalue weighted by atomic mass is 16.5. The van der Waals surface area contributed by atoms with Crippen LogP contribution in [0.3, 0.4) is 0 Å². The molecule has 4 heteroatoms. The molecule has 1 saturated heterocycles. The van der Waals surface area contributed by atoms with Crippen LogP contribution in [0.2, 0.25) is 0 Å². The van der Waals surface area contributed by atoms with E-state index in [0.717, 1.165) is 43.6 Å². The lowest BCUT2D eigenvalue weighted by atomic mass is 9.89. The summed E-state index contributed by atoms with van der Waals surface area (Å²) in [5.41, 5.74) is 6.91. The summed E-state index contributed by atoms with van der Waals surface area (Å²) in [6.45, 7) is 1.29. The fourth-order valence-corrected chi connectivity index (χ4v) is 2.98. The Morgan fingerprint density at radius 1 is 1.43 bits per heavy atom. The first-order chi connectivity index (χ1) is 10.2. The van der Waals surface area contributed by atoms with Crippen molar-refractivity contribution in [2.45, 2.75) is 50.2 Å². The van der Waals surface area contributed by atoms with E-state index in [9.17, 15) is 5.11 Å². The molecular weight excluding hydrogens is 266 g/mol. The van der Waals surface area contributed by atoms with Gasteiger partial charge >= 0.3 is 0 Å². The number of aliphatic hydroxyl groups is 1. The maximum Gasteiger partial charge on any atom is 0.119 e. The van der Waals surface area contributed by atoms with E-state index in [1.165, 1.54) is 6.42 Å². The molecule has 3 unspecified atom stereocenters. The predicted molar refractivity (Wildman–Crippen MR) is 83.6 cm³/mol. The average Bonchev–Trinajstić information content (AvgIpc) is 2.55. The molecule has 118 valence electrons. The Kier molecular flexibility index (Phi) is 6.49. The highest BCUT2D eigenvalue weighted by Gasteiger charge is 2.22. The Morgan fingerprint density at radius 3 is 2.95 bits per heavy atom. The fourth-order valence-electron chi connectivity index (χ4n) is 2.98. The van der Waals surface area contributed by atoms with E-state index in [1.807, 2.05) is 24.3 Å². The van der Waals surface area contributed by atoms with Crippen molar-refractivity contribution in [2.75, 3.05) is 20.3 Å². The molecule has 1 aromatic carbocycles. The molecule has 1 aliphatic heterocycles. The van der Waals surface area contributed by atoms with E-state index in [4.69, 9.17) is 15.2 Å². The number of hydrogen-bond donors (Lipinski definition) is 2. The van der Waals surface area contributed by atoms with E-state index in [2.05, 4.69) is 0 Å². The largest absolute Gasteiger partial charge is 0.497 e. The molecular formula is C17H27NO3. The van der Waals surface area contributed by atoms with Crippen LogP contribution in [-0.2, 0) is 4.74 Å². The van der Waals surface area contributed by atoms with E-state index >= 15 is 0 Å². The number of benzene rings is 1. The molecule has 1 aromatic rings. The van der Waals surface area contributed by atoms with Crippen molar-refractivity contribution < 1.29 is 14.6 Å². The molecule has 3 atom stereocenters. The van der Waals surface area contributed by atoms with Crippen molar-refractivity contribution in [1.82, 2.24) is 0 Å². The molecule has 0 aromatic heterocycles. The minimum atomic E-state index is -0.437. The van der Waals surface area contributed by atoms with Gasteiger partial charge in [0.15, 0.2) is 0 Å². The average molecular weight is 293 g/mol. The van der Waals surface area contributed by atoms with E-state index in [-0.39, 0.29) is 5.92 Å². The van der Waals surface area contributed by atoms with Gasteiger partial charge in [-0.3, -0.25) is 0 Å². The molecule has 4 nitrogen and oxygen atoms in total. The van der Waals surface area contributed by atoms with Crippen molar-refractivity contribution in [3.63, 3.8) is 0 Å². The second-order valence-corrected chi connectivity index (χ2v) is 5.75. The molecule has 1 heterocycles. The molecule has 0 radical (unpaired) electrons. The number of hydrogen-bond acceptors (Lipinski definition) is 4. The Labute approximate surface area is 127 Å². The van der Waals surface area contributed by atoms with Crippen LogP contribution in [0.25, 0.3) is 0 Å². The molecule has 2 rings (SSSR count). The van der Waals surface area contributed by atoms with Gasteiger partial charge in [0.25, 0.3) is 0 Å². The van der Waals surface area contributed by atoms with Gasteiger partial charge < -0.3 is 20.3 Å². The van der Waals surface area contributed by atoms with Crippen LogP contribution in [0.1, 0.15) is 43.6 Å². The number of nitrogens with two attached hydrogens (primary N) is 1. The summed E-state index contributed by atoms with van der Waals surface area (Å²) in [5.74, 6) is 0.748. The summed E-state index contributed by atoms with van der Waals surface area (Å²) in [6, 6.07) is 7.80. The van der Waals surface area contributed by atoms with E-state index < -0.39 is 6.10 Å². The van der Waals surface area contributed by atoms with Crippen LogP contribution in [0.5, 0.6) is 5.75 Å². The second-order valence-electron chi connectivity index (χ2n) is 5.75. The molecule has 0 saturated carbocycles. The quantitative estimate of drug-likeness (QED) is 0.810. The highest BCUT2D eigenvalue weighted by Crippen LogP contribution is 2.27. The minimum absolute atomic E-state index is 0.0521. The zero-order valence-corrected chi connectivity index (χ0v) is 12.8. The first-order valence-corrected chi connectivity index (χ1v) is 7.88. The Hall–Kier alpha value is -1.10. The number of rotatable bonds is 7. The van der Waals surface area contributed by atoms with Gasteiger partial charge in [-0.1, -0.05) is 12.1 Å². The zero-order chi connectivity index (χ0) is 15.1. The summed E-state index contributed by atoms with van der Waals surface area (Å²) in [6.07, 6.45) is 5.00.